The minimum atomic E-state index is -0.953. The molecule has 1 atom stereocenters. The summed E-state index contributed by atoms with van der Waals surface area (Å²) in [4.78, 5) is 19.2. The van der Waals surface area contributed by atoms with Crippen molar-refractivity contribution in [1.82, 2.24) is 15.4 Å². The minimum Gasteiger partial charge on any atom is -0.497 e. The number of methoxy groups -OCH3 is 1. The van der Waals surface area contributed by atoms with Crippen LogP contribution in [-0.2, 0) is 4.79 Å². The highest BCUT2D eigenvalue weighted by molar-refractivity contribution is 6.32. The second-order valence-electron chi connectivity index (χ2n) is 9.41. The highest BCUT2D eigenvalue weighted by Crippen LogP contribution is 2.41. The number of aliphatic hydroxyl groups is 1. The van der Waals surface area contributed by atoms with Crippen LogP contribution in [0.1, 0.15) is 42.9 Å². The monoisotopic (exact) mass is 559 g/mol. The van der Waals surface area contributed by atoms with Crippen LogP contribution < -0.4 is 10.2 Å². The first-order valence-electron chi connectivity index (χ1n) is 12.2. The highest BCUT2D eigenvalue weighted by Gasteiger charge is 2.41. The van der Waals surface area contributed by atoms with Gasteiger partial charge in [0.25, 0.3) is 0 Å². The maximum atomic E-state index is 13.5. The summed E-state index contributed by atoms with van der Waals surface area (Å²) >= 11 is 12.3. The minimum absolute atomic E-state index is 0.254. The number of hydrogen-bond donors (Lipinski definition) is 3. The average Bonchev–Trinajstić information content (AvgIpc) is 2.91. The van der Waals surface area contributed by atoms with Crippen LogP contribution in [0.4, 0.5) is 4.39 Å². The summed E-state index contributed by atoms with van der Waals surface area (Å²) in [6.07, 6.45) is 2.08. The van der Waals surface area contributed by atoms with Crippen LogP contribution in [0.15, 0.2) is 42.6 Å². The molecule has 7 nitrogen and oxygen atoms in total. The van der Waals surface area contributed by atoms with Crippen molar-refractivity contribution >= 4 is 40.0 Å². The van der Waals surface area contributed by atoms with Crippen molar-refractivity contribution in [3.63, 3.8) is 0 Å². The molecular weight excluding hydrogens is 532 g/mol. The van der Waals surface area contributed by atoms with Gasteiger partial charge in [0.2, 0.25) is 5.91 Å². The van der Waals surface area contributed by atoms with E-state index in [2.05, 4.69) is 21.7 Å². The molecule has 0 radical (unpaired) electrons. The Morgan fingerprint density at radius 2 is 2.03 bits per heavy atom. The van der Waals surface area contributed by atoms with Crippen LogP contribution in [0, 0.1) is 23.1 Å². The highest BCUT2D eigenvalue weighted by atomic mass is 35.5. The number of rotatable bonds is 7. The lowest BCUT2D eigenvalue weighted by Gasteiger charge is -2.40. The van der Waals surface area contributed by atoms with Gasteiger partial charge in [-0.1, -0.05) is 35.0 Å². The maximum Gasteiger partial charge on any atom is 0.249 e. The first kappa shape index (κ1) is 28.1. The fraction of sp³-hybridized carbons (Fsp3) is 0.357. The number of pyridine rings is 1. The largest absolute Gasteiger partial charge is 0.497 e. The van der Waals surface area contributed by atoms with Gasteiger partial charge in [-0.2, -0.15) is 0 Å². The van der Waals surface area contributed by atoms with Gasteiger partial charge in [0.1, 0.15) is 11.6 Å². The summed E-state index contributed by atoms with van der Waals surface area (Å²) in [6, 6.07) is 9.51. The van der Waals surface area contributed by atoms with Crippen molar-refractivity contribution in [2.75, 3.05) is 26.7 Å². The van der Waals surface area contributed by atoms with Crippen LogP contribution in [0.3, 0.4) is 0 Å². The number of nitrogens with zero attached hydrogens (tertiary/aromatic N) is 2. The molecule has 0 aliphatic carbocycles. The standard InChI is InChI=1S/C28H28Cl2FN3O4/c1-38-21-4-5-24-22(16-21)26(23(30)17-32-24)25(35)6-7-28(27(36)33-37)8-11-34(12-9-28)10-2-3-18-13-19(29)15-20(31)14-18/h4-5,13-17,25,35,37H,6-12H2,1H3,(H,33,36). The van der Waals surface area contributed by atoms with Gasteiger partial charge in [0, 0.05) is 40.8 Å². The van der Waals surface area contributed by atoms with Crippen LogP contribution in [0.5, 0.6) is 5.75 Å². The number of ether oxygens (including phenoxy) is 1. The molecule has 2 heterocycles. The molecule has 0 spiro atoms. The number of aromatic nitrogens is 1. The number of carbonyl (C=O) groups excluding carboxylic acids is 1. The number of halogens is 3. The lowest BCUT2D eigenvalue weighted by Crippen LogP contribution is -2.48. The van der Waals surface area contributed by atoms with Gasteiger partial charge in [-0.05, 0) is 62.1 Å². The normalized spacial score (nSPS) is 15.9. The Bertz CT molecular complexity index is 1360. The number of piperidine rings is 1. The molecule has 1 amide bonds. The molecule has 38 heavy (non-hydrogen) atoms. The van der Waals surface area contributed by atoms with Gasteiger partial charge < -0.3 is 9.84 Å². The van der Waals surface area contributed by atoms with Crippen molar-refractivity contribution in [2.24, 2.45) is 5.41 Å². The summed E-state index contributed by atoms with van der Waals surface area (Å²) in [5, 5.41) is 21.9. The molecule has 10 heteroatoms. The number of carbonyl (C=O) groups is 1. The fourth-order valence-electron chi connectivity index (χ4n) is 4.92. The van der Waals surface area contributed by atoms with Crippen LogP contribution >= 0.6 is 23.2 Å². The predicted octanol–water partition coefficient (Wildman–Crippen LogP) is 5.14. The molecule has 1 aliphatic rings. The third kappa shape index (κ3) is 6.37. The van der Waals surface area contributed by atoms with Gasteiger partial charge in [0.05, 0.1) is 35.7 Å². The Hall–Kier alpha value is -2.93. The van der Waals surface area contributed by atoms with Gasteiger partial charge in [-0.25, -0.2) is 9.87 Å². The quantitative estimate of drug-likeness (QED) is 0.211. The van der Waals surface area contributed by atoms with E-state index in [-0.39, 0.29) is 11.4 Å². The van der Waals surface area contributed by atoms with E-state index in [0.717, 1.165) is 0 Å². The van der Waals surface area contributed by atoms with Crippen LogP contribution in [0.2, 0.25) is 10.0 Å². The fourth-order valence-corrected chi connectivity index (χ4v) is 5.42. The third-order valence-corrected chi connectivity index (χ3v) is 7.61. The number of amides is 1. The molecule has 4 rings (SSSR count). The van der Waals surface area contributed by atoms with E-state index in [1.165, 1.54) is 18.3 Å². The topological polar surface area (TPSA) is 94.9 Å². The lowest BCUT2D eigenvalue weighted by molar-refractivity contribution is -0.143. The Balaban J connectivity index is 1.44. The number of aliphatic hydroxyl groups excluding tert-OH is 1. The zero-order valence-corrected chi connectivity index (χ0v) is 22.3. The van der Waals surface area contributed by atoms with Gasteiger partial charge in [0.15, 0.2) is 0 Å². The summed E-state index contributed by atoms with van der Waals surface area (Å²) in [5.74, 6) is 5.65. The smallest absolute Gasteiger partial charge is 0.249 e. The van der Waals surface area contributed by atoms with Crippen LogP contribution in [-0.4, -0.2) is 52.8 Å². The number of benzene rings is 2. The summed E-state index contributed by atoms with van der Waals surface area (Å²) in [5.41, 5.74) is 2.65. The van der Waals surface area contributed by atoms with Crippen LogP contribution in [0.25, 0.3) is 10.9 Å². The summed E-state index contributed by atoms with van der Waals surface area (Å²) in [7, 11) is 1.56. The molecule has 3 aromatic rings. The molecule has 1 aromatic heterocycles. The van der Waals surface area contributed by atoms with Crippen molar-refractivity contribution in [3.8, 4) is 17.6 Å². The van der Waals surface area contributed by atoms with E-state index in [1.54, 1.807) is 31.4 Å². The Morgan fingerprint density at radius 3 is 2.71 bits per heavy atom. The van der Waals surface area contributed by atoms with E-state index in [1.807, 2.05) is 5.48 Å². The molecule has 1 aliphatic heterocycles. The molecule has 1 unspecified atom stereocenters. The Kier molecular flexibility index (Phi) is 9.08. The summed E-state index contributed by atoms with van der Waals surface area (Å²) in [6.45, 7) is 1.57. The molecule has 1 fully saturated rings. The maximum absolute atomic E-state index is 13.5. The molecular formula is C28H28Cl2FN3O4. The molecule has 0 bridgehead atoms. The SMILES string of the molecule is COc1ccc2ncc(Cl)c(C(O)CCC3(C(=O)NO)CCN(CC#Cc4cc(F)cc(Cl)c4)CC3)c2c1. The van der Waals surface area contributed by atoms with Gasteiger partial charge >= 0.3 is 0 Å². The average molecular weight is 560 g/mol. The first-order chi connectivity index (χ1) is 18.2. The van der Waals surface area contributed by atoms with Crippen molar-refractivity contribution in [1.29, 1.82) is 0 Å². The number of nitrogens with one attached hydrogen (secondary N) is 1. The second-order valence-corrected chi connectivity index (χ2v) is 10.3. The predicted molar refractivity (Wildman–Crippen MR) is 144 cm³/mol. The molecule has 200 valence electrons. The van der Waals surface area contributed by atoms with Crippen molar-refractivity contribution in [3.05, 3.63) is 69.6 Å². The number of hydrogen-bond acceptors (Lipinski definition) is 6. The van der Waals surface area contributed by atoms with Gasteiger partial charge in [-0.15, -0.1) is 0 Å². The lowest BCUT2D eigenvalue weighted by atomic mass is 9.73. The van der Waals surface area contributed by atoms with Gasteiger partial charge in [-0.3, -0.25) is 19.9 Å². The molecule has 2 aromatic carbocycles. The summed E-state index contributed by atoms with van der Waals surface area (Å²) < 4.78 is 18.8. The molecule has 3 N–H and O–H groups in total. The number of hydroxylamine groups is 1. The van der Waals surface area contributed by atoms with E-state index >= 15 is 0 Å². The van der Waals surface area contributed by atoms with E-state index in [0.29, 0.717) is 71.7 Å². The van der Waals surface area contributed by atoms with Crippen molar-refractivity contribution < 1.29 is 24.2 Å². The Labute approximate surface area is 230 Å². The number of likely N-dealkylation sites (tertiary alicyclic amines) is 1. The van der Waals surface area contributed by atoms with E-state index in [9.17, 15) is 19.5 Å². The first-order valence-corrected chi connectivity index (χ1v) is 12.9. The molecule has 1 saturated heterocycles. The molecule has 0 saturated carbocycles. The van der Waals surface area contributed by atoms with E-state index in [4.69, 9.17) is 27.9 Å². The van der Waals surface area contributed by atoms with E-state index < -0.39 is 23.2 Å². The second kappa shape index (κ2) is 12.3. The Morgan fingerprint density at radius 1 is 1.26 bits per heavy atom. The third-order valence-electron chi connectivity index (χ3n) is 7.09. The van der Waals surface area contributed by atoms with Crippen molar-refractivity contribution in [2.45, 2.75) is 31.8 Å². The zero-order valence-electron chi connectivity index (χ0n) is 20.8. The zero-order chi connectivity index (χ0) is 27.3. The number of fused-ring (bicyclic) bond motifs is 1.